The van der Waals surface area contributed by atoms with Crippen LogP contribution >= 0.6 is 0 Å². The fourth-order valence-corrected chi connectivity index (χ4v) is 2.30. The summed E-state index contributed by atoms with van der Waals surface area (Å²) < 4.78 is 0. The van der Waals surface area contributed by atoms with Crippen molar-refractivity contribution in [3.63, 3.8) is 0 Å². The van der Waals surface area contributed by atoms with Crippen molar-refractivity contribution < 1.29 is 14.7 Å². The molecule has 5 nitrogen and oxygen atoms in total. The first-order valence-electron chi connectivity index (χ1n) is 6.24. The third-order valence-corrected chi connectivity index (χ3v) is 3.56. The van der Waals surface area contributed by atoms with Crippen LogP contribution in [0, 0.1) is 5.41 Å². The molecule has 1 fully saturated rings. The van der Waals surface area contributed by atoms with Crippen LogP contribution < -0.4 is 10.6 Å². The largest absolute Gasteiger partial charge is 0.481 e. The third kappa shape index (κ3) is 3.43. The minimum absolute atomic E-state index is 0.0645. The SMILES string of the molecule is CCNCCC(=O)NC1CCCC1(C)C(=O)O. The summed E-state index contributed by atoms with van der Waals surface area (Å²) >= 11 is 0. The fraction of sp³-hybridized carbons (Fsp3) is 0.833. The van der Waals surface area contributed by atoms with Crippen LogP contribution in [-0.4, -0.2) is 36.1 Å². The van der Waals surface area contributed by atoms with Crippen LogP contribution in [0.15, 0.2) is 0 Å². The molecule has 0 aromatic heterocycles. The van der Waals surface area contributed by atoms with Gasteiger partial charge in [0.2, 0.25) is 5.91 Å². The second-order valence-electron chi connectivity index (χ2n) is 4.84. The second kappa shape index (κ2) is 6.00. The summed E-state index contributed by atoms with van der Waals surface area (Å²) in [5.41, 5.74) is -0.798. The second-order valence-corrected chi connectivity index (χ2v) is 4.84. The van der Waals surface area contributed by atoms with Crippen molar-refractivity contribution in [1.29, 1.82) is 0 Å². The molecule has 3 N–H and O–H groups in total. The highest BCUT2D eigenvalue weighted by Gasteiger charge is 2.45. The Hall–Kier alpha value is -1.10. The molecule has 0 aliphatic heterocycles. The molecular formula is C12H22N2O3. The van der Waals surface area contributed by atoms with Crippen molar-refractivity contribution in [1.82, 2.24) is 10.6 Å². The zero-order valence-electron chi connectivity index (χ0n) is 10.6. The molecular weight excluding hydrogens is 220 g/mol. The molecule has 2 atom stereocenters. The molecule has 1 saturated carbocycles. The van der Waals surface area contributed by atoms with E-state index in [0.29, 0.717) is 19.4 Å². The van der Waals surface area contributed by atoms with E-state index in [1.54, 1.807) is 6.92 Å². The first kappa shape index (κ1) is 14.0. The van der Waals surface area contributed by atoms with Gasteiger partial charge in [0.05, 0.1) is 5.41 Å². The first-order valence-corrected chi connectivity index (χ1v) is 6.24. The summed E-state index contributed by atoms with van der Waals surface area (Å²) in [4.78, 5) is 22.9. The van der Waals surface area contributed by atoms with Crippen LogP contribution in [-0.2, 0) is 9.59 Å². The average molecular weight is 242 g/mol. The molecule has 0 radical (unpaired) electrons. The van der Waals surface area contributed by atoms with Gasteiger partial charge in [-0.2, -0.15) is 0 Å². The highest BCUT2D eigenvalue weighted by Crippen LogP contribution is 2.38. The molecule has 1 rings (SSSR count). The van der Waals surface area contributed by atoms with Crippen molar-refractivity contribution in [3.8, 4) is 0 Å². The maximum Gasteiger partial charge on any atom is 0.311 e. The Morgan fingerprint density at radius 1 is 1.47 bits per heavy atom. The number of carboxylic acid groups (broad SMARTS) is 1. The van der Waals surface area contributed by atoms with Gasteiger partial charge in [0.1, 0.15) is 0 Å². The Kier molecular flexibility index (Phi) is 4.93. The summed E-state index contributed by atoms with van der Waals surface area (Å²) in [7, 11) is 0. The van der Waals surface area contributed by atoms with Gasteiger partial charge in [-0.05, 0) is 26.3 Å². The maximum atomic E-state index is 11.6. The summed E-state index contributed by atoms with van der Waals surface area (Å²) in [6, 6.07) is -0.228. The van der Waals surface area contributed by atoms with Gasteiger partial charge in [-0.1, -0.05) is 13.3 Å². The molecule has 0 heterocycles. The van der Waals surface area contributed by atoms with E-state index in [-0.39, 0.29) is 11.9 Å². The highest BCUT2D eigenvalue weighted by molar-refractivity contribution is 5.80. The Labute approximate surface area is 102 Å². The van der Waals surface area contributed by atoms with Crippen LogP contribution in [0.2, 0.25) is 0 Å². The molecule has 1 aliphatic carbocycles. The van der Waals surface area contributed by atoms with Crippen LogP contribution in [0.3, 0.4) is 0 Å². The van der Waals surface area contributed by atoms with Crippen LogP contribution in [0.5, 0.6) is 0 Å². The predicted molar refractivity (Wildman–Crippen MR) is 64.7 cm³/mol. The number of hydrogen-bond acceptors (Lipinski definition) is 3. The monoisotopic (exact) mass is 242 g/mol. The molecule has 1 aliphatic rings. The van der Waals surface area contributed by atoms with Gasteiger partial charge in [-0.25, -0.2) is 0 Å². The van der Waals surface area contributed by atoms with Crippen molar-refractivity contribution >= 4 is 11.9 Å². The molecule has 2 unspecified atom stereocenters. The summed E-state index contributed by atoms with van der Waals surface area (Å²) in [6.07, 6.45) is 2.66. The number of amides is 1. The number of aliphatic carboxylic acids is 1. The van der Waals surface area contributed by atoms with Crippen LogP contribution in [0.4, 0.5) is 0 Å². The molecule has 0 aromatic carbocycles. The smallest absolute Gasteiger partial charge is 0.311 e. The van der Waals surface area contributed by atoms with E-state index in [0.717, 1.165) is 19.4 Å². The topological polar surface area (TPSA) is 78.4 Å². The van der Waals surface area contributed by atoms with E-state index in [1.807, 2.05) is 6.92 Å². The number of carbonyl (C=O) groups excluding carboxylic acids is 1. The number of carbonyl (C=O) groups is 2. The molecule has 0 aromatic rings. The lowest BCUT2D eigenvalue weighted by Gasteiger charge is -2.27. The summed E-state index contributed by atoms with van der Waals surface area (Å²) in [5.74, 6) is -0.877. The molecule has 17 heavy (non-hydrogen) atoms. The number of carboxylic acids is 1. The Morgan fingerprint density at radius 3 is 2.76 bits per heavy atom. The van der Waals surface area contributed by atoms with E-state index < -0.39 is 11.4 Å². The van der Waals surface area contributed by atoms with Gasteiger partial charge in [-0.15, -0.1) is 0 Å². The van der Waals surface area contributed by atoms with E-state index in [9.17, 15) is 14.7 Å². The maximum absolute atomic E-state index is 11.6. The zero-order valence-corrected chi connectivity index (χ0v) is 10.6. The van der Waals surface area contributed by atoms with E-state index in [1.165, 1.54) is 0 Å². The number of hydrogen-bond donors (Lipinski definition) is 3. The molecule has 0 spiro atoms. The van der Waals surface area contributed by atoms with Crippen LogP contribution in [0.25, 0.3) is 0 Å². The van der Waals surface area contributed by atoms with Gasteiger partial charge in [0.15, 0.2) is 0 Å². The normalized spacial score (nSPS) is 28.0. The third-order valence-electron chi connectivity index (χ3n) is 3.56. The first-order chi connectivity index (χ1) is 8.00. The summed E-state index contributed by atoms with van der Waals surface area (Å²) in [6.45, 7) is 5.18. The molecule has 98 valence electrons. The highest BCUT2D eigenvalue weighted by atomic mass is 16.4. The predicted octanol–water partition coefficient (Wildman–Crippen LogP) is 0.746. The molecule has 0 saturated heterocycles. The lowest BCUT2D eigenvalue weighted by atomic mass is 9.85. The standard InChI is InChI=1S/C12H22N2O3/c1-3-13-8-6-10(15)14-9-5-4-7-12(9,2)11(16)17/h9,13H,3-8H2,1-2H3,(H,14,15)(H,16,17). The molecule has 1 amide bonds. The van der Waals surface area contributed by atoms with Crippen molar-refractivity contribution in [2.75, 3.05) is 13.1 Å². The minimum atomic E-state index is -0.813. The number of rotatable bonds is 6. The Bertz CT molecular complexity index is 293. The molecule has 5 heteroatoms. The fourth-order valence-electron chi connectivity index (χ4n) is 2.30. The lowest BCUT2D eigenvalue weighted by molar-refractivity contribution is -0.149. The van der Waals surface area contributed by atoms with Gasteiger partial charge in [-0.3, -0.25) is 9.59 Å². The minimum Gasteiger partial charge on any atom is -0.481 e. The Morgan fingerprint density at radius 2 is 2.18 bits per heavy atom. The quantitative estimate of drug-likeness (QED) is 0.600. The molecule has 0 bridgehead atoms. The summed E-state index contributed by atoms with van der Waals surface area (Å²) in [5, 5.41) is 15.1. The van der Waals surface area contributed by atoms with Crippen molar-refractivity contribution in [2.45, 2.75) is 45.6 Å². The zero-order chi connectivity index (χ0) is 12.9. The van der Waals surface area contributed by atoms with Gasteiger partial charge < -0.3 is 15.7 Å². The Balaban J connectivity index is 2.45. The van der Waals surface area contributed by atoms with E-state index in [2.05, 4.69) is 10.6 Å². The van der Waals surface area contributed by atoms with Crippen molar-refractivity contribution in [3.05, 3.63) is 0 Å². The van der Waals surface area contributed by atoms with Crippen molar-refractivity contribution in [2.24, 2.45) is 5.41 Å². The van der Waals surface area contributed by atoms with E-state index >= 15 is 0 Å². The average Bonchev–Trinajstić information content (AvgIpc) is 2.62. The van der Waals surface area contributed by atoms with Gasteiger partial charge >= 0.3 is 5.97 Å². The van der Waals surface area contributed by atoms with E-state index in [4.69, 9.17) is 0 Å². The number of nitrogens with one attached hydrogen (secondary N) is 2. The van der Waals surface area contributed by atoms with Gasteiger partial charge in [0, 0.05) is 19.0 Å². The van der Waals surface area contributed by atoms with Crippen LogP contribution in [0.1, 0.15) is 39.5 Å². The lowest BCUT2D eigenvalue weighted by Crippen LogP contribution is -2.47. The van der Waals surface area contributed by atoms with Gasteiger partial charge in [0.25, 0.3) is 0 Å².